The first-order valence-corrected chi connectivity index (χ1v) is 6.07. The number of amides is 2. The summed E-state index contributed by atoms with van der Waals surface area (Å²) in [5.41, 5.74) is 0. The van der Waals surface area contributed by atoms with Gasteiger partial charge in [-0.25, -0.2) is 0 Å². The van der Waals surface area contributed by atoms with Crippen molar-refractivity contribution < 1.29 is 27.9 Å². The number of nitrogens with zero attached hydrogens (tertiary/aromatic N) is 1. The van der Waals surface area contributed by atoms with Gasteiger partial charge in [0.15, 0.2) is 0 Å². The first-order chi connectivity index (χ1) is 8.74. The van der Waals surface area contributed by atoms with Gasteiger partial charge in [0, 0.05) is 19.0 Å². The van der Waals surface area contributed by atoms with E-state index in [0.29, 0.717) is 17.7 Å². The minimum Gasteiger partial charge on any atom is -0.393 e. The minimum absolute atomic E-state index is 0.130. The molecule has 1 heterocycles. The van der Waals surface area contributed by atoms with Crippen molar-refractivity contribution >= 4 is 11.8 Å². The summed E-state index contributed by atoms with van der Waals surface area (Å²) in [5.74, 6) is -1.78. The maximum absolute atomic E-state index is 12.2. The lowest BCUT2D eigenvalue weighted by atomic mass is 9.89. The lowest BCUT2D eigenvalue weighted by Gasteiger charge is -2.32. The fourth-order valence-electron chi connectivity index (χ4n) is 2.34. The molecule has 2 fully saturated rings. The largest absolute Gasteiger partial charge is 0.406 e. The highest BCUT2D eigenvalue weighted by Crippen LogP contribution is 2.25. The zero-order chi connectivity index (χ0) is 14.2. The fourth-order valence-corrected chi connectivity index (χ4v) is 2.34. The van der Waals surface area contributed by atoms with Crippen LogP contribution in [0.25, 0.3) is 0 Å². The van der Waals surface area contributed by atoms with Crippen LogP contribution in [0.2, 0.25) is 0 Å². The zero-order valence-corrected chi connectivity index (χ0v) is 10.1. The molecule has 0 aromatic carbocycles. The Morgan fingerprint density at radius 2 is 2.05 bits per heavy atom. The van der Waals surface area contributed by atoms with E-state index >= 15 is 0 Å². The Hall–Kier alpha value is -1.31. The van der Waals surface area contributed by atoms with Crippen molar-refractivity contribution in [3.63, 3.8) is 0 Å². The summed E-state index contributed by atoms with van der Waals surface area (Å²) in [7, 11) is 0. The van der Waals surface area contributed by atoms with Crippen molar-refractivity contribution in [3.8, 4) is 0 Å². The highest BCUT2D eigenvalue weighted by atomic mass is 19.4. The second kappa shape index (κ2) is 4.99. The summed E-state index contributed by atoms with van der Waals surface area (Å²) < 4.78 is 36.6. The summed E-state index contributed by atoms with van der Waals surface area (Å²) in [5, 5.41) is 11.7. The molecule has 1 aliphatic heterocycles. The van der Waals surface area contributed by atoms with E-state index in [1.165, 1.54) is 0 Å². The van der Waals surface area contributed by atoms with Gasteiger partial charge in [0.1, 0.15) is 6.54 Å². The number of carbonyl (C=O) groups is 2. The molecule has 1 aliphatic carbocycles. The van der Waals surface area contributed by atoms with Gasteiger partial charge in [-0.3, -0.25) is 9.59 Å². The monoisotopic (exact) mass is 280 g/mol. The van der Waals surface area contributed by atoms with Gasteiger partial charge in [-0.2, -0.15) is 13.2 Å². The first-order valence-electron chi connectivity index (χ1n) is 6.07. The van der Waals surface area contributed by atoms with Crippen molar-refractivity contribution in [1.29, 1.82) is 0 Å². The number of nitrogens with one attached hydrogen (secondary N) is 1. The van der Waals surface area contributed by atoms with Crippen LogP contribution in [0, 0.1) is 5.92 Å². The van der Waals surface area contributed by atoms with Crippen LogP contribution < -0.4 is 5.32 Å². The van der Waals surface area contributed by atoms with E-state index in [1.807, 2.05) is 0 Å². The van der Waals surface area contributed by atoms with Gasteiger partial charge < -0.3 is 15.3 Å². The van der Waals surface area contributed by atoms with Crippen LogP contribution in [0.1, 0.15) is 19.3 Å². The Morgan fingerprint density at radius 3 is 2.58 bits per heavy atom. The number of likely N-dealkylation sites (tertiary alicyclic amines) is 1. The summed E-state index contributed by atoms with van der Waals surface area (Å²) in [4.78, 5) is 23.8. The van der Waals surface area contributed by atoms with Gasteiger partial charge in [0.25, 0.3) is 0 Å². The standard InChI is InChI=1S/C11H15F3N2O3/c12-11(13,14)5-16-4-6(1-9(16)18)10(19)15-7-2-8(17)3-7/h6-8,17H,1-5H2,(H,15,19). The SMILES string of the molecule is O=C(NC1CC(O)C1)C1CC(=O)N(CC(F)(F)F)C1. The fraction of sp³-hybridized carbons (Fsp3) is 0.818. The van der Waals surface area contributed by atoms with Crippen LogP contribution in [-0.4, -0.2) is 53.2 Å². The number of aliphatic hydroxyl groups is 1. The second-order valence-electron chi connectivity index (χ2n) is 5.12. The molecule has 0 aromatic heterocycles. The maximum atomic E-state index is 12.2. The molecule has 0 aromatic rings. The molecule has 2 rings (SSSR count). The molecule has 1 atom stereocenters. The summed E-state index contributed by atoms with van der Waals surface area (Å²) >= 11 is 0. The van der Waals surface area contributed by atoms with Gasteiger partial charge in [-0.1, -0.05) is 0 Å². The average molecular weight is 280 g/mol. The minimum atomic E-state index is -4.45. The van der Waals surface area contributed by atoms with Crippen LogP contribution in [0.4, 0.5) is 13.2 Å². The van der Waals surface area contributed by atoms with E-state index in [2.05, 4.69) is 5.32 Å². The molecule has 2 aliphatic rings. The molecule has 0 bridgehead atoms. The number of hydrogen-bond donors (Lipinski definition) is 2. The molecular formula is C11H15F3N2O3. The maximum Gasteiger partial charge on any atom is 0.406 e. The summed E-state index contributed by atoms with van der Waals surface area (Å²) in [6.07, 6.45) is -4.13. The molecule has 0 radical (unpaired) electrons. The van der Waals surface area contributed by atoms with Gasteiger partial charge in [-0.15, -0.1) is 0 Å². The highest BCUT2D eigenvalue weighted by Gasteiger charge is 2.41. The predicted molar refractivity (Wildman–Crippen MR) is 57.9 cm³/mol. The lowest BCUT2D eigenvalue weighted by molar-refractivity contribution is -0.157. The first kappa shape index (κ1) is 14.1. The van der Waals surface area contributed by atoms with Crippen LogP contribution >= 0.6 is 0 Å². The molecule has 2 amide bonds. The average Bonchev–Trinajstić information content (AvgIpc) is 2.55. The highest BCUT2D eigenvalue weighted by molar-refractivity contribution is 5.89. The Kier molecular flexibility index (Phi) is 3.71. The van der Waals surface area contributed by atoms with E-state index in [1.54, 1.807) is 0 Å². The molecule has 1 saturated carbocycles. The second-order valence-corrected chi connectivity index (χ2v) is 5.12. The van der Waals surface area contributed by atoms with Crippen molar-refractivity contribution in [2.24, 2.45) is 5.92 Å². The quantitative estimate of drug-likeness (QED) is 0.766. The van der Waals surface area contributed by atoms with Gasteiger partial charge in [0.05, 0.1) is 12.0 Å². The predicted octanol–water partition coefficient (Wildman–Crippen LogP) is 0.0367. The van der Waals surface area contributed by atoms with E-state index in [9.17, 15) is 22.8 Å². The molecule has 19 heavy (non-hydrogen) atoms. The van der Waals surface area contributed by atoms with E-state index in [4.69, 9.17) is 5.11 Å². The molecule has 0 spiro atoms. The number of aliphatic hydroxyl groups excluding tert-OH is 1. The number of alkyl halides is 3. The Bertz CT molecular complexity index is 380. The van der Waals surface area contributed by atoms with Crippen LogP contribution in [-0.2, 0) is 9.59 Å². The zero-order valence-electron chi connectivity index (χ0n) is 10.1. The Morgan fingerprint density at radius 1 is 1.42 bits per heavy atom. The summed E-state index contributed by atoms with van der Waals surface area (Å²) in [6.45, 7) is -1.50. The van der Waals surface area contributed by atoms with Crippen LogP contribution in [0.5, 0.6) is 0 Å². The third kappa shape index (κ3) is 3.59. The van der Waals surface area contributed by atoms with Gasteiger partial charge in [0.2, 0.25) is 11.8 Å². The molecule has 1 unspecified atom stereocenters. The van der Waals surface area contributed by atoms with E-state index in [0.717, 1.165) is 0 Å². The van der Waals surface area contributed by atoms with E-state index < -0.39 is 36.6 Å². The third-order valence-corrected chi connectivity index (χ3v) is 3.42. The smallest absolute Gasteiger partial charge is 0.393 e. The number of hydrogen-bond acceptors (Lipinski definition) is 3. The topological polar surface area (TPSA) is 69.6 Å². The Labute approximate surface area is 107 Å². The molecule has 8 heteroatoms. The molecule has 5 nitrogen and oxygen atoms in total. The normalized spacial score (nSPS) is 31.3. The van der Waals surface area contributed by atoms with Crippen molar-refractivity contribution in [3.05, 3.63) is 0 Å². The number of halogens is 3. The third-order valence-electron chi connectivity index (χ3n) is 3.42. The molecule has 108 valence electrons. The number of rotatable bonds is 3. The number of carbonyl (C=O) groups excluding carboxylic acids is 2. The van der Waals surface area contributed by atoms with Crippen molar-refractivity contribution in [2.75, 3.05) is 13.1 Å². The van der Waals surface area contributed by atoms with Crippen LogP contribution in [0.15, 0.2) is 0 Å². The van der Waals surface area contributed by atoms with Crippen molar-refractivity contribution in [2.45, 2.75) is 37.6 Å². The summed E-state index contributed by atoms with van der Waals surface area (Å²) in [6, 6.07) is -0.130. The Balaban J connectivity index is 1.82. The van der Waals surface area contributed by atoms with Crippen molar-refractivity contribution in [1.82, 2.24) is 10.2 Å². The van der Waals surface area contributed by atoms with Gasteiger partial charge >= 0.3 is 6.18 Å². The van der Waals surface area contributed by atoms with Crippen LogP contribution in [0.3, 0.4) is 0 Å². The molecule has 1 saturated heterocycles. The van der Waals surface area contributed by atoms with E-state index in [-0.39, 0.29) is 19.0 Å². The van der Waals surface area contributed by atoms with Gasteiger partial charge in [-0.05, 0) is 12.8 Å². The molecular weight excluding hydrogens is 265 g/mol. The lowest BCUT2D eigenvalue weighted by Crippen LogP contribution is -2.49. The molecule has 2 N–H and O–H groups in total.